The molecule has 218 valence electrons. The number of carboxylic acids is 1. The maximum Gasteiger partial charge on any atom is 0.336 e. The summed E-state index contributed by atoms with van der Waals surface area (Å²) in [5.41, 5.74) is 3.78. The maximum atomic E-state index is 13.9. The van der Waals surface area contributed by atoms with Gasteiger partial charge in [-0.25, -0.2) is 4.79 Å². The van der Waals surface area contributed by atoms with Crippen LogP contribution in [0.4, 0.5) is 0 Å². The number of para-hydroxylation sites is 1. The molecule has 6 rings (SSSR count). The van der Waals surface area contributed by atoms with Gasteiger partial charge in [0.25, 0.3) is 0 Å². The second-order valence-electron chi connectivity index (χ2n) is 11.0. The van der Waals surface area contributed by atoms with Gasteiger partial charge in [-0.15, -0.1) is 0 Å². The molecule has 3 aromatic carbocycles. The van der Waals surface area contributed by atoms with E-state index in [0.717, 1.165) is 60.1 Å². The highest BCUT2D eigenvalue weighted by molar-refractivity contribution is 6.36. The van der Waals surface area contributed by atoms with E-state index in [1.165, 1.54) is 31.4 Å². The number of benzene rings is 3. The van der Waals surface area contributed by atoms with Gasteiger partial charge in [-0.2, -0.15) is 0 Å². The van der Waals surface area contributed by atoms with Gasteiger partial charge in [0, 0.05) is 24.0 Å². The van der Waals surface area contributed by atoms with Crippen molar-refractivity contribution in [2.45, 2.75) is 77.4 Å². The van der Waals surface area contributed by atoms with E-state index in [2.05, 4.69) is 0 Å². The Morgan fingerprint density at radius 3 is 2.50 bits per heavy atom. The van der Waals surface area contributed by atoms with Gasteiger partial charge in [-0.1, -0.05) is 61.2 Å². The van der Waals surface area contributed by atoms with Crippen molar-refractivity contribution in [3.8, 4) is 11.5 Å². The average molecular weight is 587 g/mol. The fourth-order valence-corrected chi connectivity index (χ4v) is 6.04. The number of ether oxygens (including phenoxy) is 2. The van der Waals surface area contributed by atoms with Crippen molar-refractivity contribution in [3.63, 3.8) is 0 Å². The van der Waals surface area contributed by atoms with Gasteiger partial charge in [-0.3, -0.25) is 9.59 Å². The summed E-state index contributed by atoms with van der Waals surface area (Å²) in [5.74, 6) is 0.0632. The Kier molecular flexibility index (Phi) is 9.55. The number of allylic oxidation sites excluding steroid dienone is 2. The fourth-order valence-electron chi connectivity index (χ4n) is 5.78. The van der Waals surface area contributed by atoms with Crippen LogP contribution in [0.2, 0.25) is 5.02 Å². The van der Waals surface area contributed by atoms with Crippen molar-refractivity contribution >= 4 is 29.1 Å². The standard InChI is InChI=1S/C29H27ClO5.C6H8O/c1-17-19(16-34-20-9-3-2-4-10-20)15-22(23-14-18-8-5-6-13-25(18)35-28(17)23)27(31)26-21(29(32)33)11-7-12-24(26)30;7-6-4-2-1-3-5-6/h5-8,11-13,15,20H,2-4,9-10,14,16H2,1H3,(H,32,33);2,4H,1,3,5H2. The summed E-state index contributed by atoms with van der Waals surface area (Å²) in [6.45, 7) is 2.35. The maximum absolute atomic E-state index is 13.9. The Labute approximate surface area is 251 Å². The Morgan fingerprint density at radius 2 is 1.81 bits per heavy atom. The number of carboxylic acid groups (broad SMARTS) is 1. The third kappa shape index (κ3) is 6.66. The quantitative estimate of drug-likeness (QED) is 0.228. The Hall–Kier alpha value is -3.74. The molecule has 3 aromatic rings. The third-order valence-corrected chi connectivity index (χ3v) is 8.45. The summed E-state index contributed by atoms with van der Waals surface area (Å²) in [6, 6.07) is 14.1. The molecule has 3 aliphatic rings. The van der Waals surface area contributed by atoms with Gasteiger partial charge >= 0.3 is 5.97 Å². The number of hydrogen-bond donors (Lipinski definition) is 1. The lowest BCUT2D eigenvalue weighted by molar-refractivity contribution is -0.114. The molecule has 0 aromatic heterocycles. The molecule has 1 fully saturated rings. The number of aromatic carboxylic acids is 1. The largest absolute Gasteiger partial charge is 0.478 e. The average Bonchev–Trinajstić information content (AvgIpc) is 3.01. The highest BCUT2D eigenvalue weighted by Gasteiger charge is 2.30. The molecule has 1 N–H and O–H groups in total. The molecule has 7 heteroatoms. The van der Waals surface area contributed by atoms with E-state index >= 15 is 0 Å². The number of carbonyl (C=O) groups excluding carboxylic acids is 2. The number of carbonyl (C=O) groups is 3. The van der Waals surface area contributed by atoms with Gasteiger partial charge in [0.1, 0.15) is 11.5 Å². The van der Waals surface area contributed by atoms with Crippen molar-refractivity contribution < 1.29 is 29.0 Å². The first-order chi connectivity index (χ1) is 20.3. The van der Waals surface area contributed by atoms with E-state index in [1.54, 1.807) is 12.1 Å². The van der Waals surface area contributed by atoms with Gasteiger partial charge in [-0.05, 0) is 79.6 Å². The van der Waals surface area contributed by atoms with Crippen molar-refractivity contribution in [2.24, 2.45) is 0 Å². The summed E-state index contributed by atoms with van der Waals surface area (Å²) in [7, 11) is 0. The molecule has 0 amide bonds. The molecule has 1 saturated carbocycles. The molecular formula is C35H35ClO6. The van der Waals surface area contributed by atoms with Crippen LogP contribution < -0.4 is 4.74 Å². The lowest BCUT2D eigenvalue weighted by Gasteiger charge is -2.27. The van der Waals surface area contributed by atoms with Crippen molar-refractivity contribution in [3.05, 3.63) is 105 Å². The monoisotopic (exact) mass is 586 g/mol. The van der Waals surface area contributed by atoms with Crippen LogP contribution in [0.25, 0.3) is 0 Å². The van der Waals surface area contributed by atoms with E-state index in [-0.39, 0.29) is 28.0 Å². The smallest absolute Gasteiger partial charge is 0.336 e. The molecule has 0 saturated heterocycles. The van der Waals surface area contributed by atoms with Gasteiger partial charge in [0.15, 0.2) is 11.6 Å². The highest BCUT2D eigenvalue weighted by atomic mass is 35.5. The first-order valence-electron chi connectivity index (χ1n) is 14.6. The lowest BCUT2D eigenvalue weighted by atomic mass is 9.87. The number of hydrogen-bond acceptors (Lipinski definition) is 5. The van der Waals surface area contributed by atoms with Gasteiger partial charge < -0.3 is 14.6 Å². The minimum Gasteiger partial charge on any atom is -0.478 e. The topological polar surface area (TPSA) is 89.9 Å². The van der Waals surface area contributed by atoms with E-state index in [1.807, 2.05) is 43.3 Å². The molecule has 42 heavy (non-hydrogen) atoms. The zero-order valence-corrected chi connectivity index (χ0v) is 24.5. The fraction of sp³-hybridized carbons (Fsp3) is 0.343. The van der Waals surface area contributed by atoms with Gasteiger partial charge in [0.05, 0.1) is 28.9 Å². The number of ketones is 2. The van der Waals surface area contributed by atoms with Crippen LogP contribution in [0, 0.1) is 6.92 Å². The molecule has 6 nitrogen and oxygen atoms in total. The van der Waals surface area contributed by atoms with Crippen LogP contribution in [0.15, 0.2) is 60.7 Å². The van der Waals surface area contributed by atoms with Crippen molar-refractivity contribution in [1.82, 2.24) is 0 Å². The molecule has 0 atom stereocenters. The second kappa shape index (κ2) is 13.5. The summed E-state index contributed by atoms with van der Waals surface area (Å²) in [6.07, 6.45) is 12.9. The number of halogens is 1. The first-order valence-corrected chi connectivity index (χ1v) is 15.0. The first kappa shape index (κ1) is 29.7. The third-order valence-electron chi connectivity index (χ3n) is 8.13. The summed E-state index contributed by atoms with van der Waals surface area (Å²) in [4.78, 5) is 36.2. The van der Waals surface area contributed by atoms with Gasteiger partial charge in [0.2, 0.25) is 0 Å². The molecule has 1 heterocycles. The molecule has 0 radical (unpaired) electrons. The second-order valence-corrected chi connectivity index (χ2v) is 11.4. The Balaban J connectivity index is 0.000000442. The zero-order valence-electron chi connectivity index (χ0n) is 23.8. The molecule has 1 aliphatic heterocycles. The number of rotatable bonds is 6. The molecule has 0 bridgehead atoms. The number of fused-ring (bicyclic) bond motifs is 2. The predicted molar refractivity (Wildman–Crippen MR) is 162 cm³/mol. The van der Waals surface area contributed by atoms with Crippen molar-refractivity contribution in [1.29, 1.82) is 0 Å². The van der Waals surface area contributed by atoms with Crippen LogP contribution in [0.3, 0.4) is 0 Å². The lowest BCUT2D eigenvalue weighted by Crippen LogP contribution is -2.19. The minimum absolute atomic E-state index is 0.00859. The zero-order chi connectivity index (χ0) is 29.6. The molecule has 0 spiro atoms. The normalized spacial score (nSPS) is 16.0. The molecular weight excluding hydrogens is 552 g/mol. The summed E-state index contributed by atoms with van der Waals surface area (Å²) < 4.78 is 12.6. The van der Waals surface area contributed by atoms with Crippen LogP contribution in [-0.4, -0.2) is 28.7 Å². The predicted octanol–water partition coefficient (Wildman–Crippen LogP) is 8.42. The highest BCUT2D eigenvalue weighted by Crippen LogP contribution is 2.43. The molecule has 0 unspecified atom stereocenters. The van der Waals surface area contributed by atoms with Crippen molar-refractivity contribution in [2.75, 3.05) is 0 Å². The van der Waals surface area contributed by atoms with E-state index in [0.29, 0.717) is 24.3 Å². The van der Waals surface area contributed by atoms with Crippen LogP contribution in [0.5, 0.6) is 11.5 Å². The molecule has 2 aliphatic carbocycles. The van der Waals surface area contributed by atoms with Crippen LogP contribution >= 0.6 is 11.6 Å². The Morgan fingerprint density at radius 1 is 1.02 bits per heavy atom. The summed E-state index contributed by atoms with van der Waals surface area (Å²) in [5, 5.41) is 9.84. The minimum atomic E-state index is -1.20. The van der Waals surface area contributed by atoms with E-state index < -0.39 is 11.8 Å². The van der Waals surface area contributed by atoms with E-state index in [9.17, 15) is 19.5 Å². The Bertz CT molecular complexity index is 1530. The van der Waals surface area contributed by atoms with Crippen LogP contribution in [0.1, 0.15) is 99.9 Å². The van der Waals surface area contributed by atoms with Crippen LogP contribution in [-0.2, 0) is 22.6 Å². The van der Waals surface area contributed by atoms with E-state index in [4.69, 9.17) is 21.1 Å². The SMILES string of the molecule is Cc1c(COC2CCCCC2)cc(C(=O)c2c(Cl)cccc2C(=O)O)c2c1Oc1ccccc1C2.O=C1C=CCCC1. The summed E-state index contributed by atoms with van der Waals surface area (Å²) >= 11 is 6.38.